The highest BCUT2D eigenvalue weighted by Gasteiger charge is 2.31. The topological polar surface area (TPSA) is 58.5 Å². The summed E-state index contributed by atoms with van der Waals surface area (Å²) in [6, 6.07) is 2.80. The summed E-state index contributed by atoms with van der Waals surface area (Å²) < 4.78 is 42.9. The number of thiophene rings is 1. The number of hydrogen-bond donors (Lipinski definition) is 2. The summed E-state index contributed by atoms with van der Waals surface area (Å²) in [5.41, 5.74) is 0.228. The van der Waals surface area contributed by atoms with Gasteiger partial charge >= 0.3 is 6.18 Å². The van der Waals surface area contributed by atoms with E-state index in [0.29, 0.717) is 25.2 Å². The second kappa shape index (κ2) is 8.91. The van der Waals surface area contributed by atoms with Crippen LogP contribution in [0.3, 0.4) is 0 Å². The molecule has 2 heterocycles. The lowest BCUT2D eigenvalue weighted by Gasteiger charge is -2.13. The van der Waals surface area contributed by atoms with Crippen LogP contribution in [0, 0.1) is 0 Å². The number of halogens is 4. The Morgan fingerprint density at radius 1 is 1.40 bits per heavy atom. The first-order chi connectivity index (χ1) is 11.9. The molecule has 136 valence electrons. The van der Waals surface area contributed by atoms with Crippen LogP contribution in [0.5, 0.6) is 5.88 Å². The van der Waals surface area contributed by atoms with Gasteiger partial charge in [-0.2, -0.15) is 24.5 Å². The molecule has 2 N–H and O–H groups in total. The Morgan fingerprint density at radius 2 is 2.20 bits per heavy atom. The Balaban J connectivity index is 1.76. The van der Waals surface area contributed by atoms with Crippen molar-refractivity contribution in [2.45, 2.75) is 12.7 Å². The van der Waals surface area contributed by atoms with E-state index in [1.165, 1.54) is 0 Å². The van der Waals surface area contributed by atoms with Crippen LogP contribution in [0.1, 0.15) is 11.1 Å². The van der Waals surface area contributed by atoms with Gasteiger partial charge in [0.2, 0.25) is 5.88 Å². The summed E-state index contributed by atoms with van der Waals surface area (Å²) in [7, 11) is 1.64. The van der Waals surface area contributed by atoms with Crippen molar-refractivity contribution in [2.24, 2.45) is 4.99 Å². The van der Waals surface area contributed by atoms with E-state index in [-0.39, 0.29) is 17.5 Å². The number of aliphatic imine (C=N–C) groups is 1. The van der Waals surface area contributed by atoms with Crippen LogP contribution in [-0.2, 0) is 12.7 Å². The predicted molar refractivity (Wildman–Crippen MR) is 92.3 cm³/mol. The van der Waals surface area contributed by atoms with Crippen LogP contribution >= 0.6 is 22.9 Å². The molecule has 5 nitrogen and oxygen atoms in total. The first-order valence-electron chi connectivity index (χ1n) is 7.21. The van der Waals surface area contributed by atoms with Gasteiger partial charge in [0.25, 0.3) is 0 Å². The van der Waals surface area contributed by atoms with Gasteiger partial charge in [-0.3, -0.25) is 4.99 Å². The fourth-order valence-corrected chi connectivity index (χ4v) is 2.69. The molecule has 0 saturated heterocycles. The molecule has 2 aromatic rings. The molecule has 2 aromatic heterocycles. The summed E-state index contributed by atoms with van der Waals surface area (Å²) in [6.07, 6.45) is -3.80. The van der Waals surface area contributed by atoms with E-state index in [4.69, 9.17) is 16.3 Å². The standard InChI is InChI=1S/C15H16ClF3N4OS/c1-20-14(23-7-10-2-5-25-9-10)21-3-4-24-13-12(16)6-11(8-22-13)15(17,18)19/h2,5-6,8-9H,3-4,7H2,1H3,(H2,20,21,23). The molecule has 0 aliphatic carbocycles. The van der Waals surface area contributed by atoms with E-state index < -0.39 is 11.7 Å². The molecule has 0 bridgehead atoms. The molecule has 0 radical (unpaired) electrons. The zero-order valence-electron chi connectivity index (χ0n) is 13.2. The van der Waals surface area contributed by atoms with Gasteiger partial charge in [-0.05, 0) is 28.5 Å². The maximum absolute atomic E-state index is 12.5. The summed E-state index contributed by atoms with van der Waals surface area (Å²) >= 11 is 7.38. The highest BCUT2D eigenvalue weighted by Crippen LogP contribution is 2.32. The Kier molecular flexibility index (Phi) is 6.89. The molecule has 0 amide bonds. The quantitative estimate of drug-likeness (QED) is 0.448. The molecule has 0 aliphatic heterocycles. The molecule has 25 heavy (non-hydrogen) atoms. The van der Waals surface area contributed by atoms with E-state index in [0.717, 1.165) is 11.6 Å². The number of nitrogens with zero attached hydrogens (tertiary/aromatic N) is 2. The summed E-state index contributed by atoms with van der Waals surface area (Å²) in [6.45, 7) is 1.18. The average molecular weight is 393 g/mol. The van der Waals surface area contributed by atoms with Gasteiger partial charge in [0, 0.05) is 19.8 Å². The van der Waals surface area contributed by atoms with Crippen molar-refractivity contribution in [2.75, 3.05) is 20.2 Å². The van der Waals surface area contributed by atoms with E-state index in [1.54, 1.807) is 18.4 Å². The molecule has 0 saturated carbocycles. The van der Waals surface area contributed by atoms with Crippen molar-refractivity contribution >= 4 is 28.9 Å². The lowest BCUT2D eigenvalue weighted by atomic mass is 10.3. The largest absolute Gasteiger partial charge is 0.475 e. The second-order valence-electron chi connectivity index (χ2n) is 4.84. The number of guanidine groups is 1. The van der Waals surface area contributed by atoms with Gasteiger partial charge < -0.3 is 15.4 Å². The normalized spacial score (nSPS) is 12.1. The van der Waals surface area contributed by atoms with Crippen LogP contribution < -0.4 is 15.4 Å². The maximum atomic E-state index is 12.5. The fourth-order valence-electron chi connectivity index (χ4n) is 1.80. The van der Waals surface area contributed by atoms with Crippen molar-refractivity contribution in [1.82, 2.24) is 15.6 Å². The molecule has 0 atom stereocenters. The van der Waals surface area contributed by atoms with Crippen LogP contribution in [0.25, 0.3) is 0 Å². The Bertz CT molecular complexity index is 707. The molecule has 0 fully saturated rings. The Hall–Kier alpha value is -2.00. The lowest BCUT2D eigenvalue weighted by Crippen LogP contribution is -2.38. The molecular formula is C15H16ClF3N4OS. The number of aromatic nitrogens is 1. The summed E-state index contributed by atoms with van der Waals surface area (Å²) in [5.74, 6) is 0.541. The number of pyridine rings is 1. The minimum absolute atomic E-state index is 0.0438. The summed E-state index contributed by atoms with van der Waals surface area (Å²) in [5, 5.41) is 9.98. The second-order valence-corrected chi connectivity index (χ2v) is 6.03. The van der Waals surface area contributed by atoms with Gasteiger partial charge in [0.1, 0.15) is 11.6 Å². The number of rotatable bonds is 6. The van der Waals surface area contributed by atoms with Gasteiger partial charge in [0.15, 0.2) is 5.96 Å². The number of alkyl halides is 3. The highest BCUT2D eigenvalue weighted by molar-refractivity contribution is 7.07. The van der Waals surface area contributed by atoms with Crippen molar-refractivity contribution in [3.8, 4) is 5.88 Å². The van der Waals surface area contributed by atoms with Crippen LogP contribution in [0.15, 0.2) is 34.1 Å². The minimum atomic E-state index is -4.49. The third-order valence-corrected chi connectivity index (χ3v) is 4.03. The summed E-state index contributed by atoms with van der Waals surface area (Å²) in [4.78, 5) is 7.67. The lowest BCUT2D eigenvalue weighted by molar-refractivity contribution is -0.137. The van der Waals surface area contributed by atoms with Gasteiger partial charge in [-0.1, -0.05) is 11.6 Å². The zero-order chi connectivity index (χ0) is 18.3. The average Bonchev–Trinajstić information content (AvgIpc) is 3.08. The Labute approximate surface area is 151 Å². The number of hydrogen-bond acceptors (Lipinski definition) is 4. The Morgan fingerprint density at radius 3 is 2.80 bits per heavy atom. The van der Waals surface area contributed by atoms with E-state index in [2.05, 4.69) is 20.6 Å². The SMILES string of the molecule is CN=C(NCCOc1ncc(C(F)(F)F)cc1Cl)NCc1ccsc1. The van der Waals surface area contributed by atoms with Crippen LogP contribution in [0.4, 0.5) is 13.2 Å². The monoisotopic (exact) mass is 392 g/mol. The molecule has 10 heteroatoms. The number of ether oxygens (including phenoxy) is 1. The van der Waals surface area contributed by atoms with E-state index >= 15 is 0 Å². The predicted octanol–water partition coefficient (Wildman–Crippen LogP) is 3.56. The smallest absolute Gasteiger partial charge is 0.417 e. The molecule has 2 rings (SSSR count). The van der Waals surface area contributed by atoms with Crippen molar-refractivity contribution < 1.29 is 17.9 Å². The van der Waals surface area contributed by atoms with Crippen molar-refractivity contribution in [3.05, 3.63) is 45.2 Å². The minimum Gasteiger partial charge on any atom is -0.475 e. The number of nitrogens with one attached hydrogen (secondary N) is 2. The first-order valence-corrected chi connectivity index (χ1v) is 8.53. The van der Waals surface area contributed by atoms with Crippen LogP contribution in [-0.4, -0.2) is 31.1 Å². The third-order valence-electron chi connectivity index (χ3n) is 3.03. The van der Waals surface area contributed by atoms with E-state index in [1.807, 2.05) is 16.8 Å². The van der Waals surface area contributed by atoms with Crippen LogP contribution in [0.2, 0.25) is 5.02 Å². The van der Waals surface area contributed by atoms with Crippen molar-refractivity contribution in [1.29, 1.82) is 0 Å². The molecular weight excluding hydrogens is 377 g/mol. The molecule has 0 aromatic carbocycles. The third kappa shape index (κ3) is 6.09. The fraction of sp³-hybridized carbons (Fsp3) is 0.333. The molecule has 0 aliphatic rings. The first kappa shape index (κ1) is 19.3. The van der Waals surface area contributed by atoms with Crippen molar-refractivity contribution in [3.63, 3.8) is 0 Å². The van der Waals surface area contributed by atoms with E-state index in [9.17, 15) is 13.2 Å². The van der Waals surface area contributed by atoms with Gasteiger partial charge in [-0.25, -0.2) is 4.98 Å². The van der Waals surface area contributed by atoms with Gasteiger partial charge in [-0.15, -0.1) is 0 Å². The zero-order valence-corrected chi connectivity index (χ0v) is 14.8. The molecule has 0 unspecified atom stereocenters. The van der Waals surface area contributed by atoms with Gasteiger partial charge in [0.05, 0.1) is 12.1 Å². The highest BCUT2D eigenvalue weighted by atomic mass is 35.5. The molecule has 0 spiro atoms. The maximum Gasteiger partial charge on any atom is 0.417 e.